The van der Waals surface area contributed by atoms with E-state index in [0.29, 0.717) is 92.5 Å². The summed E-state index contributed by atoms with van der Waals surface area (Å²) in [6.45, 7) is 7.59. The summed E-state index contributed by atoms with van der Waals surface area (Å²) in [5.74, 6) is 2.39. The van der Waals surface area contributed by atoms with Crippen LogP contribution in [0.4, 0.5) is 0 Å². The van der Waals surface area contributed by atoms with Crippen molar-refractivity contribution in [2.75, 3.05) is 97.8 Å². The average molecular weight is 427 g/mol. The van der Waals surface area contributed by atoms with Gasteiger partial charge in [0.15, 0.2) is 0 Å². The van der Waals surface area contributed by atoms with Gasteiger partial charge in [-0.2, -0.15) is 0 Å². The summed E-state index contributed by atoms with van der Waals surface area (Å²) in [5.41, 5.74) is 0. The fraction of sp³-hybridized carbons (Fsp3) is 0.882. The second-order valence-corrected chi connectivity index (χ2v) is 5.41. The SMILES string of the molecule is C#CCOCCOCCOCCOCCOCCOCCOCCBr. The van der Waals surface area contributed by atoms with E-state index in [-0.39, 0.29) is 0 Å². The number of alkyl halides is 1. The lowest BCUT2D eigenvalue weighted by Gasteiger charge is -2.08. The minimum absolute atomic E-state index is 0.320. The Hall–Kier alpha value is -0.240. The molecule has 0 N–H and O–H groups in total. The number of terminal acetylenes is 1. The Morgan fingerprint density at radius 3 is 1.04 bits per heavy atom. The Kier molecular flexibility index (Phi) is 23.5. The highest BCUT2D eigenvalue weighted by Crippen LogP contribution is 1.86. The van der Waals surface area contributed by atoms with Crippen LogP contribution in [0.25, 0.3) is 0 Å². The Balaban J connectivity index is 2.95. The molecule has 0 amide bonds. The number of ether oxygens (including phenoxy) is 7. The molecule has 25 heavy (non-hydrogen) atoms. The molecule has 0 atom stereocenters. The Bertz CT molecular complexity index is 287. The maximum atomic E-state index is 5.38. The lowest BCUT2D eigenvalue weighted by molar-refractivity contribution is -0.0191. The predicted octanol–water partition coefficient (Wildman–Crippen LogP) is 1.13. The first-order chi connectivity index (χ1) is 12.4. The minimum atomic E-state index is 0.320. The van der Waals surface area contributed by atoms with Crippen molar-refractivity contribution in [1.29, 1.82) is 0 Å². The van der Waals surface area contributed by atoms with Crippen LogP contribution in [0.15, 0.2) is 0 Å². The zero-order valence-corrected chi connectivity index (χ0v) is 16.5. The monoisotopic (exact) mass is 426 g/mol. The number of halogens is 1. The minimum Gasteiger partial charge on any atom is -0.378 e. The van der Waals surface area contributed by atoms with Gasteiger partial charge in [0.05, 0.1) is 85.9 Å². The fourth-order valence-electron chi connectivity index (χ4n) is 1.51. The summed E-state index contributed by atoms with van der Waals surface area (Å²) < 4.78 is 37.1. The third-order valence-electron chi connectivity index (χ3n) is 2.64. The van der Waals surface area contributed by atoms with Gasteiger partial charge in [-0.25, -0.2) is 0 Å². The van der Waals surface area contributed by atoms with E-state index in [4.69, 9.17) is 39.6 Å². The van der Waals surface area contributed by atoms with Crippen LogP contribution >= 0.6 is 15.9 Å². The first-order valence-corrected chi connectivity index (χ1v) is 9.57. The molecule has 7 nitrogen and oxygen atoms in total. The van der Waals surface area contributed by atoms with Crippen molar-refractivity contribution in [3.63, 3.8) is 0 Å². The maximum Gasteiger partial charge on any atom is 0.107 e. The van der Waals surface area contributed by atoms with Crippen molar-refractivity contribution in [2.24, 2.45) is 0 Å². The van der Waals surface area contributed by atoms with Gasteiger partial charge in [-0.15, -0.1) is 6.42 Å². The fourth-order valence-corrected chi connectivity index (χ4v) is 1.73. The van der Waals surface area contributed by atoms with Gasteiger partial charge >= 0.3 is 0 Å². The molecular weight excluding hydrogens is 396 g/mol. The van der Waals surface area contributed by atoms with Crippen molar-refractivity contribution in [1.82, 2.24) is 0 Å². The van der Waals surface area contributed by atoms with Crippen LogP contribution in [-0.4, -0.2) is 97.8 Å². The molecule has 0 aliphatic carbocycles. The van der Waals surface area contributed by atoms with Crippen LogP contribution < -0.4 is 0 Å². The van der Waals surface area contributed by atoms with Crippen LogP contribution in [-0.2, 0) is 33.2 Å². The van der Waals surface area contributed by atoms with Crippen LogP contribution in [0.1, 0.15) is 0 Å². The van der Waals surface area contributed by atoms with Crippen molar-refractivity contribution >= 4 is 15.9 Å². The highest BCUT2D eigenvalue weighted by molar-refractivity contribution is 9.09. The number of rotatable bonds is 21. The molecule has 0 aromatic heterocycles. The molecule has 0 aliphatic rings. The van der Waals surface area contributed by atoms with E-state index < -0.39 is 0 Å². The van der Waals surface area contributed by atoms with E-state index in [9.17, 15) is 0 Å². The maximum absolute atomic E-state index is 5.38. The summed E-state index contributed by atoms with van der Waals surface area (Å²) in [6.07, 6.45) is 5.05. The summed E-state index contributed by atoms with van der Waals surface area (Å²) >= 11 is 3.29. The van der Waals surface area contributed by atoms with Gasteiger partial charge in [-0.3, -0.25) is 0 Å². The zero-order chi connectivity index (χ0) is 18.3. The molecule has 0 aromatic carbocycles. The van der Waals surface area contributed by atoms with Crippen LogP contribution in [0, 0.1) is 12.3 Å². The smallest absolute Gasteiger partial charge is 0.107 e. The zero-order valence-electron chi connectivity index (χ0n) is 14.9. The van der Waals surface area contributed by atoms with E-state index in [0.717, 1.165) is 5.33 Å². The molecule has 8 heteroatoms. The van der Waals surface area contributed by atoms with Crippen LogP contribution in [0.5, 0.6) is 0 Å². The van der Waals surface area contributed by atoms with E-state index in [1.807, 2.05) is 0 Å². The Morgan fingerprint density at radius 2 is 0.760 bits per heavy atom. The molecule has 0 spiro atoms. The van der Waals surface area contributed by atoms with Gasteiger partial charge in [-0.1, -0.05) is 21.9 Å². The summed E-state index contributed by atoms with van der Waals surface area (Å²) in [4.78, 5) is 0. The van der Waals surface area contributed by atoms with Crippen LogP contribution in [0.3, 0.4) is 0 Å². The summed E-state index contributed by atoms with van der Waals surface area (Å²) in [7, 11) is 0. The highest BCUT2D eigenvalue weighted by atomic mass is 79.9. The molecule has 0 aliphatic heterocycles. The van der Waals surface area contributed by atoms with Crippen molar-refractivity contribution < 1.29 is 33.2 Å². The third-order valence-corrected chi connectivity index (χ3v) is 2.96. The second-order valence-electron chi connectivity index (χ2n) is 4.62. The van der Waals surface area contributed by atoms with E-state index in [1.54, 1.807) is 0 Å². The molecule has 0 unspecified atom stereocenters. The van der Waals surface area contributed by atoms with Gasteiger partial charge in [-0.05, 0) is 0 Å². The molecule has 0 heterocycles. The lowest BCUT2D eigenvalue weighted by Crippen LogP contribution is -2.14. The van der Waals surface area contributed by atoms with Gasteiger partial charge in [0.2, 0.25) is 0 Å². The quantitative estimate of drug-likeness (QED) is 0.155. The summed E-state index contributed by atoms with van der Waals surface area (Å²) in [6, 6.07) is 0. The number of hydrogen-bond donors (Lipinski definition) is 0. The normalized spacial score (nSPS) is 10.9. The topological polar surface area (TPSA) is 64.6 Å². The van der Waals surface area contributed by atoms with E-state index >= 15 is 0 Å². The van der Waals surface area contributed by atoms with Gasteiger partial charge in [0.1, 0.15) is 6.61 Å². The average Bonchev–Trinajstić information content (AvgIpc) is 2.63. The molecule has 0 bridgehead atoms. The van der Waals surface area contributed by atoms with E-state index in [2.05, 4.69) is 21.9 Å². The van der Waals surface area contributed by atoms with Gasteiger partial charge in [0, 0.05) is 5.33 Å². The molecule has 148 valence electrons. The van der Waals surface area contributed by atoms with Crippen LogP contribution in [0.2, 0.25) is 0 Å². The molecular formula is C17H31BrO7. The molecule has 0 aromatic rings. The largest absolute Gasteiger partial charge is 0.378 e. The molecule has 0 saturated heterocycles. The Labute approximate surface area is 159 Å². The molecule has 0 fully saturated rings. The van der Waals surface area contributed by atoms with Gasteiger partial charge in [0.25, 0.3) is 0 Å². The Morgan fingerprint density at radius 1 is 0.480 bits per heavy atom. The standard InChI is InChI=1S/C17H31BrO7/c1-2-4-19-6-8-21-10-12-23-14-16-25-17-15-24-13-11-22-9-7-20-5-3-18/h1H,3-17H2. The second kappa shape index (κ2) is 23.8. The molecule has 0 rings (SSSR count). The predicted molar refractivity (Wildman–Crippen MR) is 98.4 cm³/mol. The third kappa shape index (κ3) is 23.8. The molecule has 0 saturated carbocycles. The first kappa shape index (κ1) is 24.8. The summed E-state index contributed by atoms with van der Waals surface area (Å²) in [5, 5.41) is 0.845. The molecule has 0 radical (unpaired) electrons. The first-order valence-electron chi connectivity index (χ1n) is 8.45. The van der Waals surface area contributed by atoms with Gasteiger partial charge < -0.3 is 33.2 Å². The van der Waals surface area contributed by atoms with E-state index in [1.165, 1.54) is 0 Å². The van der Waals surface area contributed by atoms with Crippen molar-refractivity contribution in [3.05, 3.63) is 0 Å². The lowest BCUT2D eigenvalue weighted by atomic mass is 10.6. The highest BCUT2D eigenvalue weighted by Gasteiger charge is 1.94. The van der Waals surface area contributed by atoms with Crippen molar-refractivity contribution in [3.8, 4) is 12.3 Å². The van der Waals surface area contributed by atoms with Crippen molar-refractivity contribution in [2.45, 2.75) is 0 Å². The number of hydrogen-bond acceptors (Lipinski definition) is 7.